The minimum atomic E-state index is -0.300. The van der Waals surface area contributed by atoms with E-state index in [1.807, 2.05) is 0 Å². The van der Waals surface area contributed by atoms with Gasteiger partial charge in [-0.15, -0.1) is 0 Å². The molecule has 0 saturated heterocycles. The molecule has 0 fully saturated rings. The smallest absolute Gasteiger partial charge is 0.309 e. The Hall–Kier alpha value is -1.84. The molecular formula is C12H14O4. The van der Waals surface area contributed by atoms with Gasteiger partial charge in [0.25, 0.3) is 0 Å². The van der Waals surface area contributed by atoms with Crippen molar-refractivity contribution in [3.63, 3.8) is 0 Å². The fourth-order valence-corrected chi connectivity index (χ4v) is 1.19. The van der Waals surface area contributed by atoms with E-state index in [9.17, 15) is 9.59 Å². The summed E-state index contributed by atoms with van der Waals surface area (Å²) in [4.78, 5) is 21.7. The third-order valence-electron chi connectivity index (χ3n) is 1.92. The van der Waals surface area contributed by atoms with Crippen molar-refractivity contribution in [2.24, 2.45) is 0 Å². The summed E-state index contributed by atoms with van der Waals surface area (Å²) in [7, 11) is 0. The van der Waals surface area contributed by atoms with Crippen molar-refractivity contribution in [2.45, 2.75) is 13.3 Å². The highest BCUT2D eigenvalue weighted by Crippen LogP contribution is 2.15. The number of ether oxygens (including phenoxy) is 2. The predicted molar refractivity (Wildman–Crippen MR) is 58.6 cm³/mol. The normalized spacial score (nSPS) is 9.56. The van der Waals surface area contributed by atoms with Gasteiger partial charge in [0, 0.05) is 0 Å². The zero-order valence-electron chi connectivity index (χ0n) is 9.14. The summed E-state index contributed by atoms with van der Waals surface area (Å²) in [5.41, 5.74) is 0.478. The highest BCUT2D eigenvalue weighted by atomic mass is 16.5. The second-order valence-electron chi connectivity index (χ2n) is 3.06. The van der Waals surface area contributed by atoms with Gasteiger partial charge in [0.15, 0.2) is 6.29 Å². The van der Waals surface area contributed by atoms with Crippen LogP contribution in [-0.2, 0) is 9.53 Å². The predicted octanol–water partition coefficient (Wildman–Crippen LogP) is 1.83. The highest BCUT2D eigenvalue weighted by molar-refractivity contribution is 5.79. The van der Waals surface area contributed by atoms with Crippen LogP contribution < -0.4 is 4.74 Å². The average molecular weight is 222 g/mol. The molecule has 0 atom stereocenters. The largest absolute Gasteiger partial charge is 0.492 e. The Balaban J connectivity index is 2.42. The first-order valence-electron chi connectivity index (χ1n) is 5.10. The van der Waals surface area contributed by atoms with Crippen LogP contribution in [0.2, 0.25) is 0 Å². The monoisotopic (exact) mass is 222 g/mol. The van der Waals surface area contributed by atoms with Crippen LogP contribution in [0.4, 0.5) is 0 Å². The molecule has 0 bridgehead atoms. The van der Waals surface area contributed by atoms with E-state index >= 15 is 0 Å². The van der Waals surface area contributed by atoms with E-state index in [2.05, 4.69) is 0 Å². The molecule has 4 nitrogen and oxygen atoms in total. The van der Waals surface area contributed by atoms with Gasteiger partial charge in [-0.05, 0) is 19.1 Å². The Labute approximate surface area is 94.2 Å². The second-order valence-corrected chi connectivity index (χ2v) is 3.06. The molecule has 1 aromatic carbocycles. The van der Waals surface area contributed by atoms with E-state index in [1.54, 1.807) is 31.2 Å². The van der Waals surface area contributed by atoms with E-state index in [0.29, 0.717) is 17.9 Å². The molecule has 4 heteroatoms. The molecule has 0 aromatic heterocycles. The van der Waals surface area contributed by atoms with Gasteiger partial charge < -0.3 is 9.47 Å². The van der Waals surface area contributed by atoms with E-state index in [0.717, 1.165) is 6.29 Å². The van der Waals surface area contributed by atoms with Crippen LogP contribution in [-0.4, -0.2) is 25.5 Å². The standard InChI is InChI=1S/C12H14O4/c1-2-15-12(14)7-8-16-11-6-4-3-5-10(11)9-13/h3-6,9H,2,7-8H2,1H3. The first-order valence-corrected chi connectivity index (χ1v) is 5.10. The van der Waals surface area contributed by atoms with Gasteiger partial charge in [-0.25, -0.2) is 0 Å². The molecule has 0 heterocycles. The molecule has 0 unspecified atom stereocenters. The molecule has 0 amide bonds. The molecule has 0 spiro atoms. The molecule has 1 aromatic rings. The van der Waals surface area contributed by atoms with Crippen molar-refractivity contribution in [1.82, 2.24) is 0 Å². The molecular weight excluding hydrogens is 208 g/mol. The Bertz CT molecular complexity index is 360. The summed E-state index contributed by atoms with van der Waals surface area (Å²) in [6.45, 7) is 2.33. The van der Waals surface area contributed by atoms with Crippen molar-refractivity contribution in [3.05, 3.63) is 29.8 Å². The van der Waals surface area contributed by atoms with Gasteiger partial charge in [-0.3, -0.25) is 9.59 Å². The lowest BCUT2D eigenvalue weighted by molar-refractivity contribution is -0.143. The van der Waals surface area contributed by atoms with Gasteiger partial charge >= 0.3 is 5.97 Å². The molecule has 0 saturated carbocycles. The Kier molecular flexibility index (Phi) is 5.05. The van der Waals surface area contributed by atoms with Gasteiger partial charge in [-0.2, -0.15) is 0 Å². The van der Waals surface area contributed by atoms with Crippen LogP contribution in [0.25, 0.3) is 0 Å². The van der Waals surface area contributed by atoms with Crippen LogP contribution in [0.3, 0.4) is 0 Å². The first-order chi connectivity index (χ1) is 7.77. The van der Waals surface area contributed by atoms with Crippen LogP contribution in [0, 0.1) is 0 Å². The zero-order chi connectivity index (χ0) is 11.8. The van der Waals surface area contributed by atoms with Crippen molar-refractivity contribution < 1.29 is 19.1 Å². The zero-order valence-corrected chi connectivity index (χ0v) is 9.14. The van der Waals surface area contributed by atoms with Crippen LogP contribution in [0.15, 0.2) is 24.3 Å². The molecule has 16 heavy (non-hydrogen) atoms. The van der Waals surface area contributed by atoms with Crippen LogP contribution in [0.1, 0.15) is 23.7 Å². The highest BCUT2D eigenvalue weighted by Gasteiger charge is 2.04. The first kappa shape index (κ1) is 12.2. The minimum absolute atomic E-state index is 0.182. The molecule has 0 aliphatic rings. The number of benzene rings is 1. The molecule has 86 valence electrons. The van der Waals surface area contributed by atoms with Crippen molar-refractivity contribution in [3.8, 4) is 5.75 Å². The lowest BCUT2D eigenvalue weighted by atomic mass is 10.2. The van der Waals surface area contributed by atoms with E-state index in [4.69, 9.17) is 9.47 Å². The summed E-state index contributed by atoms with van der Waals surface area (Å²) < 4.78 is 10.1. The number of para-hydroxylation sites is 1. The average Bonchev–Trinajstić information content (AvgIpc) is 2.30. The Morgan fingerprint density at radius 2 is 2.12 bits per heavy atom. The van der Waals surface area contributed by atoms with Crippen LogP contribution in [0.5, 0.6) is 5.75 Å². The molecule has 0 aliphatic heterocycles. The lowest BCUT2D eigenvalue weighted by Crippen LogP contribution is -2.10. The molecule has 1 rings (SSSR count). The minimum Gasteiger partial charge on any atom is -0.492 e. The van der Waals surface area contributed by atoms with E-state index in [-0.39, 0.29) is 19.0 Å². The van der Waals surface area contributed by atoms with E-state index < -0.39 is 0 Å². The van der Waals surface area contributed by atoms with E-state index in [1.165, 1.54) is 0 Å². The quantitative estimate of drug-likeness (QED) is 0.544. The third-order valence-corrected chi connectivity index (χ3v) is 1.92. The maximum atomic E-state index is 11.0. The maximum Gasteiger partial charge on any atom is 0.309 e. The van der Waals surface area contributed by atoms with Crippen LogP contribution >= 0.6 is 0 Å². The van der Waals surface area contributed by atoms with Crippen molar-refractivity contribution in [2.75, 3.05) is 13.2 Å². The number of hydrogen-bond acceptors (Lipinski definition) is 4. The maximum absolute atomic E-state index is 11.0. The van der Waals surface area contributed by atoms with Gasteiger partial charge in [0.1, 0.15) is 5.75 Å². The summed E-state index contributed by atoms with van der Waals surface area (Å²) in [5, 5.41) is 0. The van der Waals surface area contributed by atoms with Crippen molar-refractivity contribution in [1.29, 1.82) is 0 Å². The van der Waals surface area contributed by atoms with Crippen molar-refractivity contribution >= 4 is 12.3 Å². The molecule has 0 N–H and O–H groups in total. The van der Waals surface area contributed by atoms with Gasteiger partial charge in [0.05, 0.1) is 25.2 Å². The lowest BCUT2D eigenvalue weighted by Gasteiger charge is -2.07. The number of rotatable bonds is 6. The Morgan fingerprint density at radius 3 is 2.81 bits per heavy atom. The number of carbonyl (C=O) groups excluding carboxylic acids is 2. The number of aldehydes is 1. The second kappa shape index (κ2) is 6.61. The SMILES string of the molecule is CCOC(=O)CCOc1ccccc1C=O. The number of esters is 1. The Morgan fingerprint density at radius 1 is 1.38 bits per heavy atom. The van der Waals surface area contributed by atoms with Gasteiger partial charge in [0.2, 0.25) is 0 Å². The summed E-state index contributed by atoms with van der Waals surface area (Å²) in [6, 6.07) is 6.87. The summed E-state index contributed by atoms with van der Waals surface area (Å²) in [6.07, 6.45) is 0.904. The molecule has 0 radical (unpaired) electrons. The fourth-order valence-electron chi connectivity index (χ4n) is 1.19. The number of carbonyl (C=O) groups is 2. The topological polar surface area (TPSA) is 52.6 Å². The summed E-state index contributed by atoms with van der Waals surface area (Å²) in [5.74, 6) is 0.188. The number of hydrogen-bond donors (Lipinski definition) is 0. The third kappa shape index (κ3) is 3.73. The summed E-state index contributed by atoms with van der Waals surface area (Å²) >= 11 is 0. The van der Waals surface area contributed by atoms with Gasteiger partial charge in [-0.1, -0.05) is 12.1 Å². The fraction of sp³-hybridized carbons (Fsp3) is 0.333. The molecule has 0 aliphatic carbocycles.